The van der Waals surface area contributed by atoms with E-state index >= 15 is 0 Å². The molecule has 25 nitrogen and oxygen atoms in total. The second-order valence-electron chi connectivity index (χ2n) is 20.3. The number of fused-ring (bicyclic) bond motifs is 6. The zero-order chi connectivity index (χ0) is 62.1. The first kappa shape index (κ1) is 64.7. The maximum absolute atomic E-state index is 14.3. The number of carbonyl (C=O) groups is 3. The number of methoxy groups -OCH3 is 2. The fraction of sp³-hybridized carbons (Fsp3) is 0.443. The Morgan fingerprint density at radius 1 is 0.761 bits per heavy atom. The van der Waals surface area contributed by atoms with Gasteiger partial charge in [0.1, 0.15) is 34.9 Å². The van der Waals surface area contributed by atoms with Crippen LogP contribution < -0.4 is 21.1 Å². The maximum atomic E-state index is 14.3. The van der Waals surface area contributed by atoms with Gasteiger partial charge in [-0.1, -0.05) is 35.0 Å². The van der Waals surface area contributed by atoms with Gasteiger partial charge in [-0.15, -0.1) is 21.5 Å². The highest BCUT2D eigenvalue weighted by Gasteiger charge is 2.35. The van der Waals surface area contributed by atoms with Crippen LogP contribution in [0.5, 0.6) is 5.75 Å². The molecule has 0 bridgehead atoms. The van der Waals surface area contributed by atoms with Crippen molar-refractivity contribution < 1.29 is 61.5 Å². The number of halogens is 1. The van der Waals surface area contributed by atoms with Crippen molar-refractivity contribution in [1.29, 1.82) is 0 Å². The number of pyridine rings is 2. The summed E-state index contributed by atoms with van der Waals surface area (Å²) in [7, 11) is 2.91. The van der Waals surface area contributed by atoms with Crippen molar-refractivity contribution in [3.8, 4) is 21.9 Å². The average molecular weight is 1250 g/mol. The topological polar surface area (TPSA) is 280 Å². The van der Waals surface area contributed by atoms with Gasteiger partial charge in [-0.3, -0.25) is 43.0 Å². The number of aryl methyl sites for hydroxylation is 3. The van der Waals surface area contributed by atoms with Crippen LogP contribution in [0.2, 0.25) is 5.02 Å². The summed E-state index contributed by atoms with van der Waals surface area (Å²) in [5.41, 5.74) is 7.12. The molecule has 2 atom stereocenters. The van der Waals surface area contributed by atoms with Crippen LogP contribution in [0.1, 0.15) is 80.6 Å². The molecular weight excluding hydrogens is 1180 g/mol. The molecule has 0 aliphatic carbocycles. The van der Waals surface area contributed by atoms with E-state index in [0.29, 0.717) is 151 Å². The molecule has 2 N–H and O–H groups in total. The molecule has 1 unspecified atom stereocenters. The Balaban J connectivity index is 0.595. The zero-order valence-corrected chi connectivity index (χ0v) is 51.8. The Bertz CT molecular complexity index is 3750. The minimum Gasteiger partial charge on any atom is -0.496 e. The fourth-order valence-electron chi connectivity index (χ4n) is 10.2. The minimum absolute atomic E-state index is 0.0401. The molecule has 6 aromatic heterocycles. The number of thiophene rings is 1. The SMILES string of the molecule is COC(=O)CC1N=C(c2ccc(Cl)cc2)c2c(sc(C(=O)NCCOCCOCCOCCOCCOCCOCCOCCNC(=O)Cn3c(=O)n([C@H](C)c4ccccn4)c4c5cc(OC)c(-c6c(C)noc6C)cc5ncc43)c2C)-n2c(C)nnc21. The Kier molecular flexibility index (Phi) is 23.1. The van der Waals surface area contributed by atoms with Crippen molar-refractivity contribution >= 4 is 68.4 Å². The van der Waals surface area contributed by atoms with Gasteiger partial charge >= 0.3 is 11.7 Å². The first-order valence-corrected chi connectivity index (χ1v) is 30.0. The van der Waals surface area contributed by atoms with E-state index in [9.17, 15) is 19.2 Å². The van der Waals surface area contributed by atoms with E-state index < -0.39 is 18.1 Å². The van der Waals surface area contributed by atoms with E-state index in [-0.39, 0.29) is 56.8 Å². The monoisotopic (exact) mass is 1250 g/mol. The molecule has 1 aliphatic heterocycles. The van der Waals surface area contributed by atoms with E-state index in [1.807, 2.05) is 81.7 Å². The quantitative estimate of drug-likeness (QED) is 0.0315. The van der Waals surface area contributed by atoms with Crippen molar-refractivity contribution in [2.75, 3.05) is 120 Å². The smallest absolute Gasteiger partial charge is 0.330 e. The summed E-state index contributed by atoms with van der Waals surface area (Å²) in [5, 5.41) is 20.6. The fourth-order valence-corrected chi connectivity index (χ4v) is 11.6. The van der Waals surface area contributed by atoms with Gasteiger partial charge in [-0.05, 0) is 76.6 Å². The predicted octanol–water partition coefficient (Wildman–Crippen LogP) is 6.67. The minimum atomic E-state index is -0.673. The van der Waals surface area contributed by atoms with Gasteiger partial charge in [-0.2, -0.15) is 0 Å². The second kappa shape index (κ2) is 31.4. The number of rotatable bonds is 34. The highest BCUT2D eigenvalue weighted by atomic mass is 35.5. The van der Waals surface area contributed by atoms with Crippen LogP contribution in [0.15, 0.2) is 81.3 Å². The van der Waals surface area contributed by atoms with Crippen molar-refractivity contribution in [2.24, 2.45) is 4.99 Å². The summed E-state index contributed by atoms with van der Waals surface area (Å²) >= 11 is 7.54. The van der Waals surface area contributed by atoms with Gasteiger partial charge in [-0.25, -0.2) is 4.79 Å². The molecule has 27 heteroatoms. The zero-order valence-electron chi connectivity index (χ0n) is 50.3. The summed E-state index contributed by atoms with van der Waals surface area (Å²) in [6.07, 6.45) is 3.26. The third kappa shape index (κ3) is 15.5. The third-order valence-corrected chi connectivity index (χ3v) is 16.0. The van der Waals surface area contributed by atoms with Crippen LogP contribution in [-0.4, -0.2) is 182 Å². The van der Waals surface area contributed by atoms with Crippen molar-refractivity contribution in [1.82, 2.24) is 49.7 Å². The standard InChI is InChI=1S/C61H72ClN11O14S/c1-37-53-55(42-11-13-43(62)14-12-42)67-48(34-52(75)79-7)58-69-68-41(5)73(58)60(53)88-57(37)59(76)65-17-19-81-21-23-83-25-27-85-29-31-86-30-28-84-26-24-82-22-20-80-18-16-64-51(74)36-71-49-35-66-47-32-45(54-38(2)70-87-40(54)4)50(78-6)33-44(47)56(49)72(61(71)77)39(3)46-10-8-9-15-63-46/h8-15,32-33,35,39,48H,16-31,34,36H2,1-7H3,(H,64,74)(H,65,76)/t39-,48?/m1/s1. The highest BCUT2D eigenvalue weighted by Crippen LogP contribution is 2.42. The Morgan fingerprint density at radius 3 is 1.97 bits per heavy atom. The molecular formula is C61H72ClN11O14S. The molecule has 9 rings (SSSR count). The molecule has 1 aliphatic rings. The number of amides is 2. The lowest BCUT2D eigenvalue weighted by Crippen LogP contribution is -2.35. The van der Waals surface area contributed by atoms with Crippen LogP contribution in [0.3, 0.4) is 0 Å². The van der Waals surface area contributed by atoms with Crippen LogP contribution in [0, 0.1) is 27.7 Å². The molecule has 7 heterocycles. The van der Waals surface area contributed by atoms with Crippen LogP contribution >= 0.6 is 22.9 Å². The summed E-state index contributed by atoms with van der Waals surface area (Å²) < 4.78 is 60.7. The lowest BCUT2D eigenvalue weighted by atomic mass is 9.99. The van der Waals surface area contributed by atoms with Gasteiger partial charge in [0, 0.05) is 46.4 Å². The number of nitrogens with zero attached hydrogens (tertiary/aromatic N) is 9. The maximum Gasteiger partial charge on any atom is 0.330 e. The summed E-state index contributed by atoms with van der Waals surface area (Å²) in [4.78, 5) is 68.6. The largest absolute Gasteiger partial charge is 0.496 e. The van der Waals surface area contributed by atoms with Crippen LogP contribution in [0.4, 0.5) is 0 Å². The van der Waals surface area contributed by atoms with Gasteiger partial charge in [0.15, 0.2) is 5.82 Å². The molecule has 0 fully saturated rings. The van der Waals surface area contributed by atoms with E-state index in [1.54, 1.807) is 36.2 Å². The number of imidazole rings is 1. The second-order valence-corrected chi connectivity index (χ2v) is 21.7. The first-order chi connectivity index (χ1) is 42.8. The number of aromatic nitrogens is 8. The van der Waals surface area contributed by atoms with E-state index in [0.717, 1.165) is 32.8 Å². The number of ether oxygens (including phenoxy) is 9. The molecule has 0 saturated heterocycles. The normalized spacial score (nSPS) is 13.3. The Morgan fingerprint density at radius 2 is 1.39 bits per heavy atom. The van der Waals surface area contributed by atoms with Crippen LogP contribution in [0.25, 0.3) is 38.1 Å². The number of benzene rings is 2. The molecule has 2 aromatic carbocycles. The lowest BCUT2D eigenvalue weighted by molar-refractivity contribution is -0.141. The van der Waals surface area contributed by atoms with E-state index in [4.69, 9.17) is 68.7 Å². The number of esters is 1. The third-order valence-electron chi connectivity index (χ3n) is 14.5. The van der Waals surface area contributed by atoms with Crippen molar-refractivity contribution in [3.63, 3.8) is 0 Å². The number of hydrogen-bond acceptors (Lipinski definition) is 21. The highest BCUT2D eigenvalue weighted by molar-refractivity contribution is 7.17. The van der Waals surface area contributed by atoms with Gasteiger partial charge in [0.2, 0.25) is 5.91 Å². The number of carbonyl (C=O) groups excluding carboxylic acids is 3. The van der Waals surface area contributed by atoms with Crippen molar-refractivity contribution in [3.05, 3.63) is 133 Å². The number of nitrogens with one attached hydrogen (secondary N) is 2. The number of aliphatic imine (C=N–C) groups is 1. The predicted molar refractivity (Wildman–Crippen MR) is 327 cm³/mol. The summed E-state index contributed by atoms with van der Waals surface area (Å²) in [6.45, 7) is 14.6. The molecule has 2 amide bonds. The molecule has 0 radical (unpaired) electrons. The van der Waals surface area contributed by atoms with Gasteiger partial charge in [0.05, 0.1) is 169 Å². The number of hydrogen-bond donors (Lipinski definition) is 2. The molecule has 8 aromatic rings. The van der Waals surface area contributed by atoms with Crippen LogP contribution in [-0.2, 0) is 54.0 Å². The summed E-state index contributed by atoms with van der Waals surface area (Å²) in [5.74, 6) is 1.20. The average Bonchev–Trinajstić information content (AvgIpc) is 1.62. The van der Waals surface area contributed by atoms with E-state index in [2.05, 4.69) is 31.0 Å². The lowest BCUT2D eigenvalue weighted by Gasteiger charge is -2.15. The van der Waals surface area contributed by atoms with E-state index in [1.165, 1.54) is 23.0 Å². The molecule has 0 saturated carbocycles. The Labute approximate surface area is 516 Å². The Hall–Kier alpha value is -7.79. The van der Waals surface area contributed by atoms with Crippen molar-refractivity contribution in [2.45, 2.75) is 59.7 Å². The van der Waals surface area contributed by atoms with Gasteiger partial charge in [0.25, 0.3) is 5.91 Å². The molecule has 88 heavy (non-hydrogen) atoms. The molecule has 0 spiro atoms. The first-order valence-electron chi connectivity index (χ1n) is 28.8. The van der Waals surface area contributed by atoms with Gasteiger partial charge < -0.3 is 57.8 Å². The summed E-state index contributed by atoms with van der Waals surface area (Å²) in [6, 6.07) is 15.4. The molecule has 468 valence electrons.